The van der Waals surface area contributed by atoms with Gasteiger partial charge in [-0.3, -0.25) is 14.7 Å². The highest BCUT2D eigenvalue weighted by atomic mass is 32.2. The molecule has 2 aliphatic rings. The standard InChI is InChI=1S/C27H30N2O7S2.C17H13N3O9S2.CH4/c1-5-28(6-2)18-9-12-21-24(15-18)36-25-16-19(29(7-3)8-4)10-13-22(25)27(21)23-14-11-20(37(30,31)32)17-26(23)38(33,34)35;1-9-2-5-13(14(6-9)20(22)23)18-19-16-15(31(27,28)29)8-10-7-11(30(24,25)26)3-4-12(10)17(16)21;/h9-17H,5-8H2,1-4H3,(H-,30,31,32,33,34,35);2-8,21H,1H3,(H,24,25,26)(H,27,28,29);1H4/p-2. The summed E-state index contributed by atoms with van der Waals surface area (Å²) in [5.41, 5.74) is 1.36. The van der Waals surface area contributed by atoms with Gasteiger partial charge in [0.2, 0.25) is 5.36 Å². The number of aryl methyl sites for hydroxylation is 1. The molecule has 21 nitrogen and oxygen atoms in total. The van der Waals surface area contributed by atoms with Crippen LogP contribution in [0.5, 0.6) is 5.75 Å². The van der Waals surface area contributed by atoms with Crippen molar-refractivity contribution in [3.05, 3.63) is 118 Å². The molecular weight excluding hydrogens is 995 g/mol. The molecule has 0 spiro atoms. The molecule has 5 aromatic rings. The lowest BCUT2D eigenvalue weighted by molar-refractivity contribution is -0.384. The Balaban J connectivity index is 0.000000262. The second-order valence-electron chi connectivity index (χ2n) is 15.1. The molecule has 0 saturated carbocycles. The third kappa shape index (κ3) is 11.5. The molecule has 0 radical (unpaired) electrons. The average Bonchev–Trinajstić information content (AvgIpc) is 3.27. The number of nitrogens with zero attached hydrogens (tertiary/aromatic N) is 5. The quantitative estimate of drug-likeness (QED) is 0.0280. The third-order valence-corrected chi connectivity index (χ3v) is 14.3. The van der Waals surface area contributed by atoms with Gasteiger partial charge in [-0.2, -0.15) is 8.42 Å². The lowest BCUT2D eigenvalue weighted by Crippen LogP contribution is -2.29. The van der Waals surface area contributed by atoms with E-state index in [9.17, 15) is 62.6 Å². The summed E-state index contributed by atoms with van der Waals surface area (Å²) in [5.74, 6) is -0.365. The molecule has 0 bridgehead atoms. The largest absolute Gasteiger partial charge is 0.744 e. The van der Waals surface area contributed by atoms with Crippen LogP contribution in [0.3, 0.4) is 0 Å². The number of azo groups is 1. The summed E-state index contributed by atoms with van der Waals surface area (Å²) >= 11 is 0. The maximum atomic E-state index is 12.3. The van der Waals surface area contributed by atoms with E-state index in [1.54, 1.807) is 19.1 Å². The molecule has 7 rings (SSSR count). The van der Waals surface area contributed by atoms with Gasteiger partial charge in [0.15, 0.2) is 11.4 Å². The topological polar surface area (TPSA) is 333 Å². The first kappa shape index (κ1) is 54.2. The molecule has 1 aliphatic carbocycles. The Morgan fingerprint density at radius 2 is 1.29 bits per heavy atom. The molecule has 2 N–H and O–H groups in total. The number of phenols is 1. The zero-order chi connectivity index (χ0) is 51.0. The predicted molar refractivity (Wildman–Crippen MR) is 256 cm³/mol. The number of aromatic hydroxyl groups is 1. The molecule has 0 fully saturated rings. The summed E-state index contributed by atoms with van der Waals surface area (Å²) in [7, 11) is -20.0. The summed E-state index contributed by atoms with van der Waals surface area (Å²) in [6.07, 6.45) is 0. The van der Waals surface area contributed by atoms with Gasteiger partial charge in [0.05, 0.1) is 30.6 Å². The van der Waals surface area contributed by atoms with Crippen molar-refractivity contribution in [2.75, 3.05) is 31.1 Å². The second kappa shape index (κ2) is 20.7. The van der Waals surface area contributed by atoms with Crippen LogP contribution in [0, 0.1) is 17.0 Å². The third-order valence-electron chi connectivity index (χ3n) is 10.9. The predicted octanol–water partition coefficient (Wildman–Crippen LogP) is 7.64. The fraction of sp³-hybridized carbons (Fsp3) is 0.222. The molecule has 5 aromatic carbocycles. The van der Waals surface area contributed by atoms with Crippen LogP contribution in [0.25, 0.3) is 44.2 Å². The van der Waals surface area contributed by atoms with E-state index in [1.807, 2.05) is 52.0 Å². The minimum atomic E-state index is -5.24. The fourth-order valence-electron chi connectivity index (χ4n) is 7.55. The SMILES string of the molecule is C.CCN(CC)c1ccc2c(-c3ccc(S(=O)(=O)[O-])cc3S(=O)(=O)[O-])c3ccc(=[N+](CC)CC)cc-3oc2c1.Cc1ccc(N=Nc2c(S(=O)(=O)[O-])cc3cc(S(=O)(=O)O)ccc3c2O)c([N+](=O)[O-])c1. The van der Waals surface area contributed by atoms with E-state index in [0.717, 1.165) is 67.6 Å². The first-order valence-corrected chi connectivity index (χ1v) is 26.2. The molecule has 0 amide bonds. The van der Waals surface area contributed by atoms with Crippen molar-refractivity contribution in [2.24, 2.45) is 10.2 Å². The fourth-order valence-corrected chi connectivity index (χ4v) is 9.99. The van der Waals surface area contributed by atoms with Crippen molar-refractivity contribution in [3.63, 3.8) is 0 Å². The van der Waals surface area contributed by atoms with Gasteiger partial charge in [-0.1, -0.05) is 19.6 Å². The van der Waals surface area contributed by atoms with Crippen LogP contribution in [-0.4, -0.2) is 88.1 Å². The molecule has 0 saturated heterocycles. The van der Waals surface area contributed by atoms with Gasteiger partial charge in [0, 0.05) is 64.4 Å². The van der Waals surface area contributed by atoms with Crippen LogP contribution in [0.1, 0.15) is 40.7 Å². The van der Waals surface area contributed by atoms with Crippen molar-refractivity contribution >= 4 is 85.0 Å². The summed E-state index contributed by atoms with van der Waals surface area (Å²) < 4.78 is 147. The minimum absolute atomic E-state index is 0. The maximum Gasteiger partial charge on any atom is 0.296 e. The van der Waals surface area contributed by atoms with Gasteiger partial charge in [0.1, 0.15) is 60.5 Å². The number of hydrogen-bond acceptors (Lipinski definition) is 18. The van der Waals surface area contributed by atoms with E-state index in [-0.39, 0.29) is 29.4 Å². The van der Waals surface area contributed by atoms with Gasteiger partial charge >= 0.3 is 0 Å². The zero-order valence-corrected chi connectivity index (χ0v) is 40.3. The summed E-state index contributed by atoms with van der Waals surface area (Å²) in [6, 6.07) is 21.5. The molecule has 70 heavy (non-hydrogen) atoms. The Morgan fingerprint density at radius 3 is 1.86 bits per heavy atom. The number of phenolic OH excluding ortho intramolecular Hbond substituents is 1. The van der Waals surface area contributed by atoms with E-state index < -0.39 is 82.1 Å². The maximum absolute atomic E-state index is 12.3. The van der Waals surface area contributed by atoms with Crippen LogP contribution in [0.4, 0.5) is 22.7 Å². The van der Waals surface area contributed by atoms with Crippen molar-refractivity contribution < 1.29 is 66.3 Å². The molecule has 25 heteroatoms. The number of nitro groups is 1. The van der Waals surface area contributed by atoms with Crippen LogP contribution >= 0.6 is 0 Å². The van der Waals surface area contributed by atoms with Gasteiger partial charge in [-0.05, 0) is 106 Å². The van der Waals surface area contributed by atoms with Crippen LogP contribution in [0.15, 0.2) is 131 Å². The first-order chi connectivity index (χ1) is 32.2. The number of hydrogen-bond donors (Lipinski definition) is 2. The van der Waals surface area contributed by atoms with Crippen molar-refractivity contribution in [3.8, 4) is 28.2 Å². The van der Waals surface area contributed by atoms with Gasteiger partial charge in [0.25, 0.3) is 15.8 Å². The smallest absolute Gasteiger partial charge is 0.296 e. The van der Waals surface area contributed by atoms with E-state index >= 15 is 0 Å². The van der Waals surface area contributed by atoms with Gasteiger partial charge < -0.3 is 28.1 Å². The summed E-state index contributed by atoms with van der Waals surface area (Å²) in [5, 5.41) is 30.0. The highest BCUT2D eigenvalue weighted by molar-refractivity contribution is 7.87. The molecule has 1 aliphatic heterocycles. The summed E-state index contributed by atoms with van der Waals surface area (Å²) in [6.45, 7) is 12.8. The monoisotopic (exact) mass is 1040 g/mol. The Bertz CT molecular complexity index is 3740. The van der Waals surface area contributed by atoms with E-state index in [2.05, 4.69) is 19.7 Å². The molecule has 1 heterocycles. The Kier molecular flexibility index (Phi) is 16.0. The number of nitro benzene ring substituents is 1. The highest BCUT2D eigenvalue weighted by Gasteiger charge is 2.25. The van der Waals surface area contributed by atoms with Gasteiger partial charge in [-0.15, -0.1) is 10.2 Å². The average molecular weight is 1040 g/mol. The van der Waals surface area contributed by atoms with Crippen LogP contribution < -0.4 is 14.8 Å². The number of rotatable bonds is 13. The number of anilines is 1. The Hall–Kier alpha value is -6.71. The molecular formula is C45H45N5O16S4-2. The molecule has 372 valence electrons. The first-order valence-electron chi connectivity index (χ1n) is 20.5. The summed E-state index contributed by atoms with van der Waals surface area (Å²) in [4.78, 5) is 9.39. The lowest BCUT2D eigenvalue weighted by Gasteiger charge is -2.23. The molecule has 0 unspecified atom stereocenters. The Morgan fingerprint density at radius 1 is 0.671 bits per heavy atom. The molecule has 0 atom stereocenters. The normalized spacial score (nSPS) is 12.2. The van der Waals surface area contributed by atoms with E-state index in [4.69, 9.17) is 8.97 Å². The van der Waals surface area contributed by atoms with Crippen molar-refractivity contribution in [2.45, 2.75) is 61.6 Å². The zero-order valence-electron chi connectivity index (χ0n) is 37.0. The number of fused-ring (bicyclic) bond motifs is 3. The van der Waals surface area contributed by atoms with Crippen molar-refractivity contribution in [1.29, 1.82) is 0 Å². The highest BCUT2D eigenvalue weighted by Crippen LogP contribution is 2.45. The van der Waals surface area contributed by atoms with Crippen molar-refractivity contribution in [1.82, 2.24) is 4.58 Å². The van der Waals surface area contributed by atoms with Gasteiger partial charge in [-0.25, -0.2) is 29.8 Å². The van der Waals surface area contributed by atoms with E-state index in [0.29, 0.717) is 39.5 Å². The van der Waals surface area contributed by atoms with Crippen LogP contribution in [-0.2, 0) is 40.5 Å². The van der Waals surface area contributed by atoms with Crippen LogP contribution in [0.2, 0.25) is 0 Å². The van der Waals surface area contributed by atoms with E-state index in [1.165, 1.54) is 24.3 Å². The minimum Gasteiger partial charge on any atom is -0.744 e. The second-order valence-corrected chi connectivity index (χ2v) is 20.6. The molecule has 0 aromatic heterocycles. The number of benzene rings is 6. The lowest BCUT2D eigenvalue weighted by atomic mass is 9.93. The Labute approximate surface area is 403 Å².